The second kappa shape index (κ2) is 8.61. The predicted octanol–water partition coefficient (Wildman–Crippen LogP) is 2.99. The zero-order valence-corrected chi connectivity index (χ0v) is 15.3. The average molecular weight is 390 g/mol. The normalized spacial score (nSPS) is 10.5. The van der Waals surface area contributed by atoms with E-state index in [1.54, 1.807) is 48.5 Å². The molecule has 5 nitrogen and oxygen atoms in total. The van der Waals surface area contributed by atoms with Crippen LogP contribution in [0.25, 0.3) is 0 Å². The molecule has 126 valence electrons. The zero-order chi connectivity index (χ0) is 17.5. The Labute approximate surface area is 150 Å². The molecule has 6 heteroatoms. The number of anilines is 1. The summed E-state index contributed by atoms with van der Waals surface area (Å²) in [5.41, 5.74) is 1.47. The molecule has 0 saturated carbocycles. The van der Waals surface area contributed by atoms with E-state index in [4.69, 9.17) is 0 Å². The second-order valence-corrected chi connectivity index (χ2v) is 6.48. The lowest BCUT2D eigenvalue weighted by Gasteiger charge is -2.13. The van der Waals surface area contributed by atoms with Crippen molar-refractivity contribution in [3.63, 3.8) is 0 Å². The van der Waals surface area contributed by atoms with Gasteiger partial charge < -0.3 is 15.5 Å². The van der Waals surface area contributed by atoms with Gasteiger partial charge in [-0.2, -0.15) is 0 Å². The van der Waals surface area contributed by atoms with Gasteiger partial charge in [-0.3, -0.25) is 9.59 Å². The van der Waals surface area contributed by atoms with Crippen molar-refractivity contribution in [2.75, 3.05) is 32.5 Å². The van der Waals surface area contributed by atoms with Crippen molar-refractivity contribution in [2.24, 2.45) is 0 Å². The molecule has 0 aliphatic heterocycles. The molecule has 0 bridgehead atoms. The number of hydrogen-bond donors (Lipinski definition) is 2. The first-order valence-corrected chi connectivity index (χ1v) is 8.35. The maximum atomic E-state index is 12.3. The summed E-state index contributed by atoms with van der Waals surface area (Å²) >= 11 is 3.34. The molecule has 2 amide bonds. The quantitative estimate of drug-likeness (QED) is 0.797. The van der Waals surface area contributed by atoms with Gasteiger partial charge in [-0.15, -0.1) is 0 Å². The van der Waals surface area contributed by atoms with Gasteiger partial charge in [0.15, 0.2) is 0 Å². The van der Waals surface area contributed by atoms with Crippen LogP contribution in [0.2, 0.25) is 0 Å². The van der Waals surface area contributed by atoms with Crippen molar-refractivity contribution in [1.82, 2.24) is 10.2 Å². The number of rotatable bonds is 6. The van der Waals surface area contributed by atoms with Crippen molar-refractivity contribution in [2.45, 2.75) is 0 Å². The molecule has 2 aromatic carbocycles. The Balaban J connectivity index is 2.09. The molecule has 0 fully saturated rings. The largest absolute Gasteiger partial charge is 0.351 e. The SMILES string of the molecule is CN(C)CCNC(=O)c1ccccc1NC(=O)c1ccc(Br)cc1. The third kappa shape index (κ3) is 5.18. The van der Waals surface area contributed by atoms with Gasteiger partial charge in [0, 0.05) is 23.1 Å². The fraction of sp³-hybridized carbons (Fsp3) is 0.222. The zero-order valence-electron chi connectivity index (χ0n) is 13.7. The summed E-state index contributed by atoms with van der Waals surface area (Å²) in [6.45, 7) is 1.29. The van der Waals surface area contributed by atoms with E-state index in [0.29, 0.717) is 23.4 Å². The standard InChI is InChI=1S/C18H20BrN3O2/c1-22(2)12-11-20-18(24)15-5-3-4-6-16(15)21-17(23)13-7-9-14(19)10-8-13/h3-10H,11-12H2,1-2H3,(H,20,24)(H,21,23). The van der Waals surface area contributed by atoms with Crippen LogP contribution in [-0.4, -0.2) is 43.9 Å². The highest BCUT2D eigenvalue weighted by Gasteiger charge is 2.13. The number of nitrogens with zero attached hydrogens (tertiary/aromatic N) is 1. The second-order valence-electron chi connectivity index (χ2n) is 5.57. The summed E-state index contributed by atoms with van der Waals surface area (Å²) < 4.78 is 0.903. The first-order valence-electron chi connectivity index (χ1n) is 7.56. The first-order chi connectivity index (χ1) is 11.5. The third-order valence-electron chi connectivity index (χ3n) is 3.37. The van der Waals surface area contributed by atoms with Gasteiger partial charge in [-0.05, 0) is 50.5 Å². The summed E-state index contributed by atoms with van der Waals surface area (Å²) in [6.07, 6.45) is 0. The minimum Gasteiger partial charge on any atom is -0.351 e. The lowest BCUT2D eigenvalue weighted by atomic mass is 10.1. The number of nitrogens with one attached hydrogen (secondary N) is 2. The summed E-state index contributed by atoms with van der Waals surface area (Å²) in [7, 11) is 3.89. The number of carbonyl (C=O) groups is 2. The summed E-state index contributed by atoms with van der Waals surface area (Å²) in [6, 6.07) is 14.0. The van der Waals surface area contributed by atoms with Gasteiger partial charge >= 0.3 is 0 Å². The van der Waals surface area contributed by atoms with E-state index in [2.05, 4.69) is 26.6 Å². The number of hydrogen-bond acceptors (Lipinski definition) is 3. The van der Waals surface area contributed by atoms with Gasteiger partial charge in [-0.1, -0.05) is 28.1 Å². The Hall–Kier alpha value is -2.18. The highest BCUT2D eigenvalue weighted by Crippen LogP contribution is 2.17. The van der Waals surface area contributed by atoms with Gasteiger partial charge in [0.25, 0.3) is 11.8 Å². The molecular weight excluding hydrogens is 370 g/mol. The average Bonchev–Trinajstić information content (AvgIpc) is 2.55. The van der Waals surface area contributed by atoms with E-state index in [-0.39, 0.29) is 11.8 Å². The van der Waals surface area contributed by atoms with Crippen molar-refractivity contribution >= 4 is 33.4 Å². The molecule has 2 aromatic rings. The molecule has 0 spiro atoms. The molecule has 0 aliphatic carbocycles. The van der Waals surface area contributed by atoms with Crippen LogP contribution < -0.4 is 10.6 Å². The fourth-order valence-corrected chi connectivity index (χ4v) is 2.34. The fourth-order valence-electron chi connectivity index (χ4n) is 2.07. The lowest BCUT2D eigenvalue weighted by molar-refractivity contribution is 0.0952. The van der Waals surface area contributed by atoms with Crippen molar-refractivity contribution in [3.8, 4) is 0 Å². The minimum atomic E-state index is -0.254. The number of amides is 2. The molecule has 0 aliphatic rings. The monoisotopic (exact) mass is 389 g/mol. The Morgan fingerprint density at radius 2 is 1.67 bits per heavy atom. The predicted molar refractivity (Wildman–Crippen MR) is 99.4 cm³/mol. The third-order valence-corrected chi connectivity index (χ3v) is 3.90. The van der Waals surface area contributed by atoms with Crippen LogP contribution in [0.15, 0.2) is 53.0 Å². The Bertz CT molecular complexity index is 714. The van der Waals surface area contributed by atoms with Gasteiger partial charge in [0.2, 0.25) is 0 Å². The van der Waals surface area contributed by atoms with Crippen molar-refractivity contribution in [3.05, 3.63) is 64.1 Å². The molecule has 0 heterocycles. The van der Waals surface area contributed by atoms with Crippen LogP contribution in [0, 0.1) is 0 Å². The smallest absolute Gasteiger partial charge is 0.255 e. The van der Waals surface area contributed by atoms with Crippen molar-refractivity contribution < 1.29 is 9.59 Å². The molecule has 0 aromatic heterocycles. The van der Waals surface area contributed by atoms with Gasteiger partial charge in [-0.25, -0.2) is 0 Å². The number of halogens is 1. The van der Waals surface area contributed by atoms with Crippen LogP contribution in [0.3, 0.4) is 0 Å². The Morgan fingerprint density at radius 1 is 1.00 bits per heavy atom. The molecule has 0 atom stereocenters. The van der Waals surface area contributed by atoms with Crippen LogP contribution >= 0.6 is 15.9 Å². The van der Waals surface area contributed by atoms with E-state index >= 15 is 0 Å². The van der Waals surface area contributed by atoms with Crippen LogP contribution in [0.1, 0.15) is 20.7 Å². The maximum absolute atomic E-state index is 12.3. The summed E-state index contributed by atoms with van der Waals surface area (Å²) in [4.78, 5) is 26.6. The lowest BCUT2D eigenvalue weighted by Crippen LogP contribution is -2.32. The molecular formula is C18H20BrN3O2. The first kappa shape index (κ1) is 18.2. The summed E-state index contributed by atoms with van der Waals surface area (Å²) in [5.74, 6) is -0.459. The minimum absolute atomic E-state index is 0.205. The number of carbonyl (C=O) groups excluding carboxylic acids is 2. The van der Waals surface area contributed by atoms with E-state index in [1.165, 1.54) is 0 Å². The molecule has 0 radical (unpaired) electrons. The van der Waals surface area contributed by atoms with Crippen LogP contribution in [0.4, 0.5) is 5.69 Å². The highest BCUT2D eigenvalue weighted by atomic mass is 79.9. The summed E-state index contributed by atoms with van der Waals surface area (Å²) in [5, 5.41) is 5.65. The topological polar surface area (TPSA) is 61.4 Å². The molecule has 2 rings (SSSR count). The Kier molecular flexibility index (Phi) is 6.52. The van der Waals surface area contributed by atoms with Crippen LogP contribution in [0.5, 0.6) is 0 Å². The van der Waals surface area contributed by atoms with E-state index in [1.807, 2.05) is 19.0 Å². The molecule has 24 heavy (non-hydrogen) atoms. The van der Waals surface area contributed by atoms with Crippen molar-refractivity contribution in [1.29, 1.82) is 0 Å². The van der Waals surface area contributed by atoms with Crippen LogP contribution in [-0.2, 0) is 0 Å². The molecule has 2 N–H and O–H groups in total. The van der Waals surface area contributed by atoms with E-state index in [9.17, 15) is 9.59 Å². The van der Waals surface area contributed by atoms with Gasteiger partial charge in [0.05, 0.1) is 11.3 Å². The Morgan fingerprint density at radius 3 is 2.33 bits per heavy atom. The number of likely N-dealkylation sites (N-methyl/N-ethyl adjacent to an activating group) is 1. The molecule has 0 unspecified atom stereocenters. The molecule has 0 saturated heterocycles. The van der Waals surface area contributed by atoms with E-state index < -0.39 is 0 Å². The maximum Gasteiger partial charge on any atom is 0.255 e. The number of benzene rings is 2. The van der Waals surface area contributed by atoms with E-state index in [0.717, 1.165) is 11.0 Å². The van der Waals surface area contributed by atoms with Gasteiger partial charge in [0.1, 0.15) is 0 Å². The number of para-hydroxylation sites is 1. The highest BCUT2D eigenvalue weighted by molar-refractivity contribution is 9.10.